The van der Waals surface area contributed by atoms with Gasteiger partial charge < -0.3 is 9.67 Å². The summed E-state index contributed by atoms with van der Waals surface area (Å²) in [6.07, 6.45) is 1.48. The summed E-state index contributed by atoms with van der Waals surface area (Å²) in [5, 5.41) is 9.41. The van der Waals surface area contributed by atoms with Gasteiger partial charge in [0, 0.05) is 7.05 Å². The number of aromatic nitrogens is 2. The minimum Gasteiger partial charge on any atom is -0.478 e. The zero-order valence-electron chi connectivity index (χ0n) is 13.9. The molecule has 0 aliphatic heterocycles. The zero-order chi connectivity index (χ0) is 18.4. The predicted octanol–water partition coefficient (Wildman–Crippen LogP) is 2.69. The highest BCUT2D eigenvalue weighted by molar-refractivity contribution is 7.92. The third-order valence-corrected chi connectivity index (χ3v) is 5.46. The van der Waals surface area contributed by atoms with E-state index in [2.05, 4.69) is 9.71 Å². The Balaban J connectivity index is 2.08. The quantitative estimate of drug-likeness (QED) is 0.746. The fourth-order valence-corrected chi connectivity index (χ4v) is 3.74. The van der Waals surface area contributed by atoms with Gasteiger partial charge in [-0.05, 0) is 49.2 Å². The topological polar surface area (TPSA) is 101 Å². The zero-order valence-corrected chi connectivity index (χ0v) is 14.8. The summed E-state index contributed by atoms with van der Waals surface area (Å²) in [6.45, 7) is 3.73. The van der Waals surface area contributed by atoms with Gasteiger partial charge in [0.15, 0.2) is 0 Å². The lowest BCUT2D eigenvalue weighted by molar-refractivity contribution is 0.0698. The van der Waals surface area contributed by atoms with E-state index in [1.54, 1.807) is 23.7 Å². The van der Waals surface area contributed by atoms with Crippen LogP contribution in [-0.4, -0.2) is 29.0 Å². The van der Waals surface area contributed by atoms with Crippen LogP contribution in [0.5, 0.6) is 0 Å². The molecule has 0 amide bonds. The largest absolute Gasteiger partial charge is 0.478 e. The van der Waals surface area contributed by atoms with E-state index >= 15 is 0 Å². The Labute approximate surface area is 145 Å². The summed E-state index contributed by atoms with van der Waals surface area (Å²) < 4.78 is 29.2. The van der Waals surface area contributed by atoms with E-state index in [0.717, 1.165) is 11.1 Å². The summed E-state index contributed by atoms with van der Waals surface area (Å²) in [5.74, 6) is -1.15. The molecule has 25 heavy (non-hydrogen) atoms. The minimum absolute atomic E-state index is 0.0183. The number of aryl methyl sites for hydroxylation is 3. The molecule has 1 aromatic heterocycles. The van der Waals surface area contributed by atoms with Crippen LogP contribution in [0.3, 0.4) is 0 Å². The van der Waals surface area contributed by atoms with Crippen LogP contribution in [0.4, 0.5) is 5.69 Å². The van der Waals surface area contributed by atoms with Crippen LogP contribution in [0, 0.1) is 13.8 Å². The van der Waals surface area contributed by atoms with Crippen molar-refractivity contribution in [1.82, 2.24) is 9.55 Å². The maximum atomic E-state index is 12.6. The van der Waals surface area contributed by atoms with Gasteiger partial charge in [0.05, 0.1) is 33.5 Å². The number of fused-ring (bicyclic) bond motifs is 1. The van der Waals surface area contributed by atoms with Gasteiger partial charge in [-0.15, -0.1) is 0 Å². The van der Waals surface area contributed by atoms with Crippen molar-refractivity contribution in [3.8, 4) is 0 Å². The van der Waals surface area contributed by atoms with E-state index in [9.17, 15) is 18.3 Å². The summed E-state index contributed by atoms with van der Waals surface area (Å²) >= 11 is 0. The molecule has 0 aliphatic carbocycles. The van der Waals surface area contributed by atoms with Crippen LogP contribution in [0.1, 0.15) is 21.5 Å². The molecule has 0 spiro atoms. The molecule has 0 saturated heterocycles. The molecule has 2 aromatic carbocycles. The Hall–Kier alpha value is -2.87. The number of benzene rings is 2. The lowest BCUT2D eigenvalue weighted by Gasteiger charge is -2.11. The van der Waals surface area contributed by atoms with Gasteiger partial charge in [-0.25, -0.2) is 18.2 Å². The van der Waals surface area contributed by atoms with Crippen molar-refractivity contribution >= 4 is 32.7 Å². The van der Waals surface area contributed by atoms with E-state index in [0.29, 0.717) is 11.0 Å². The molecule has 3 rings (SSSR count). The number of aromatic carboxylic acids is 1. The van der Waals surface area contributed by atoms with Crippen LogP contribution in [0.2, 0.25) is 0 Å². The maximum absolute atomic E-state index is 12.6. The Morgan fingerprint density at radius 1 is 1.16 bits per heavy atom. The van der Waals surface area contributed by atoms with E-state index in [1.165, 1.54) is 24.5 Å². The van der Waals surface area contributed by atoms with Crippen molar-refractivity contribution in [2.75, 3.05) is 4.72 Å². The molecule has 7 nitrogen and oxygen atoms in total. The molecule has 0 atom stereocenters. The number of carboxylic acid groups (broad SMARTS) is 1. The van der Waals surface area contributed by atoms with E-state index in [4.69, 9.17) is 0 Å². The third kappa shape index (κ3) is 3.08. The highest BCUT2D eigenvalue weighted by atomic mass is 32.2. The van der Waals surface area contributed by atoms with Crippen molar-refractivity contribution in [2.24, 2.45) is 7.05 Å². The number of sulfonamides is 1. The average Bonchev–Trinajstić information content (AvgIpc) is 2.90. The lowest BCUT2D eigenvalue weighted by atomic mass is 10.1. The number of carbonyl (C=O) groups is 1. The first-order valence-corrected chi connectivity index (χ1v) is 8.96. The molecule has 0 unspecified atom stereocenters. The summed E-state index contributed by atoms with van der Waals surface area (Å²) in [6, 6.07) is 7.64. The van der Waals surface area contributed by atoms with Gasteiger partial charge >= 0.3 is 5.97 Å². The minimum atomic E-state index is -3.83. The lowest BCUT2D eigenvalue weighted by Crippen LogP contribution is -2.14. The first kappa shape index (κ1) is 17.0. The number of hydrogen-bond acceptors (Lipinski definition) is 4. The van der Waals surface area contributed by atoms with Gasteiger partial charge in [-0.1, -0.05) is 6.07 Å². The number of rotatable bonds is 4. The molecule has 1 heterocycles. The SMILES string of the molecule is Cc1ccc(S(=O)(=O)Nc2cc(C(=O)O)c3c(c2)ncn3C)cc1C. The van der Waals surface area contributed by atoms with Crippen LogP contribution in [0.15, 0.2) is 41.6 Å². The molecule has 0 fully saturated rings. The highest BCUT2D eigenvalue weighted by Crippen LogP contribution is 2.25. The standard InChI is InChI=1S/C17H17N3O4S/c1-10-4-5-13(6-11(10)2)25(23,24)19-12-7-14(17(21)22)16-15(8-12)18-9-20(16)3/h4-9,19H,1-3H3,(H,21,22). The molecule has 0 radical (unpaired) electrons. The maximum Gasteiger partial charge on any atom is 0.337 e. The van der Waals surface area contributed by atoms with E-state index < -0.39 is 16.0 Å². The number of anilines is 1. The van der Waals surface area contributed by atoms with Crippen molar-refractivity contribution in [3.05, 3.63) is 53.3 Å². The number of nitrogens with zero attached hydrogens (tertiary/aromatic N) is 2. The average molecular weight is 359 g/mol. The van der Waals surface area contributed by atoms with E-state index in [-0.39, 0.29) is 16.1 Å². The Bertz CT molecular complexity index is 1100. The number of hydrogen-bond donors (Lipinski definition) is 2. The Kier molecular flexibility index (Phi) is 4.00. The van der Waals surface area contributed by atoms with Gasteiger partial charge in [-0.3, -0.25) is 4.72 Å². The Morgan fingerprint density at radius 3 is 2.52 bits per heavy atom. The summed E-state index contributed by atoms with van der Waals surface area (Å²) in [5.41, 5.74) is 2.82. The van der Waals surface area contributed by atoms with Crippen LogP contribution < -0.4 is 4.72 Å². The van der Waals surface area contributed by atoms with Gasteiger partial charge in [0.2, 0.25) is 0 Å². The number of imidazole rings is 1. The van der Waals surface area contributed by atoms with Crippen LogP contribution in [-0.2, 0) is 17.1 Å². The first-order valence-electron chi connectivity index (χ1n) is 7.47. The molecular weight excluding hydrogens is 342 g/mol. The summed E-state index contributed by atoms with van der Waals surface area (Å²) in [4.78, 5) is 15.8. The molecule has 0 saturated carbocycles. The monoisotopic (exact) mass is 359 g/mol. The first-order chi connectivity index (χ1) is 11.7. The second kappa shape index (κ2) is 5.89. The fourth-order valence-electron chi connectivity index (χ4n) is 2.61. The van der Waals surface area contributed by atoms with Crippen molar-refractivity contribution in [2.45, 2.75) is 18.7 Å². The molecule has 3 aromatic rings. The fraction of sp³-hybridized carbons (Fsp3) is 0.176. The van der Waals surface area contributed by atoms with Crippen LogP contribution >= 0.6 is 0 Å². The molecule has 8 heteroatoms. The third-order valence-electron chi connectivity index (χ3n) is 4.08. The second-order valence-electron chi connectivity index (χ2n) is 5.90. The normalized spacial score (nSPS) is 11.6. The van der Waals surface area contributed by atoms with Gasteiger partial charge in [0.1, 0.15) is 0 Å². The smallest absolute Gasteiger partial charge is 0.337 e. The van der Waals surface area contributed by atoms with Crippen molar-refractivity contribution < 1.29 is 18.3 Å². The molecule has 0 bridgehead atoms. The van der Waals surface area contributed by atoms with Crippen molar-refractivity contribution in [3.63, 3.8) is 0 Å². The van der Waals surface area contributed by atoms with E-state index in [1.807, 2.05) is 13.8 Å². The summed E-state index contributed by atoms with van der Waals surface area (Å²) in [7, 11) is -2.15. The highest BCUT2D eigenvalue weighted by Gasteiger charge is 2.19. The predicted molar refractivity (Wildman–Crippen MR) is 94.4 cm³/mol. The Morgan fingerprint density at radius 2 is 1.88 bits per heavy atom. The second-order valence-corrected chi connectivity index (χ2v) is 7.59. The molecule has 130 valence electrons. The van der Waals surface area contributed by atoms with Gasteiger partial charge in [-0.2, -0.15) is 0 Å². The number of carboxylic acids is 1. The molecule has 0 aliphatic rings. The van der Waals surface area contributed by atoms with Crippen LogP contribution in [0.25, 0.3) is 11.0 Å². The van der Waals surface area contributed by atoms with Gasteiger partial charge in [0.25, 0.3) is 10.0 Å². The molecule has 2 N–H and O–H groups in total. The van der Waals surface area contributed by atoms with Crippen molar-refractivity contribution in [1.29, 1.82) is 0 Å². The molecular formula is C17H17N3O4S. The number of nitrogens with one attached hydrogen (secondary N) is 1.